The van der Waals surface area contributed by atoms with Crippen LogP contribution in [0, 0.1) is 5.92 Å². The summed E-state index contributed by atoms with van der Waals surface area (Å²) in [6.45, 7) is 8.64. The summed E-state index contributed by atoms with van der Waals surface area (Å²) >= 11 is 0. The molecule has 1 aromatic rings. The van der Waals surface area contributed by atoms with E-state index in [1.807, 2.05) is 12.1 Å². The molecule has 0 saturated carbocycles. The third-order valence-corrected chi connectivity index (χ3v) is 2.77. The third-order valence-electron chi connectivity index (χ3n) is 2.77. The molecule has 0 aliphatic carbocycles. The Labute approximate surface area is 92.3 Å². The number of aromatic nitrogens is 1. The van der Waals surface area contributed by atoms with Crippen molar-refractivity contribution >= 4 is 11.5 Å². The van der Waals surface area contributed by atoms with Gasteiger partial charge in [-0.3, -0.25) is 0 Å². The van der Waals surface area contributed by atoms with Crippen LogP contribution in [0.25, 0.3) is 0 Å². The maximum absolute atomic E-state index is 5.86. The minimum Gasteiger partial charge on any atom is -0.382 e. The lowest BCUT2D eigenvalue weighted by atomic mass is 10.1. The molecule has 0 spiro atoms. The van der Waals surface area contributed by atoms with Gasteiger partial charge in [-0.15, -0.1) is 0 Å². The molecule has 0 radical (unpaired) electrons. The molecule has 0 aliphatic rings. The molecule has 3 nitrogen and oxygen atoms in total. The fraction of sp³-hybridized carbons (Fsp3) is 0.583. The third kappa shape index (κ3) is 3.11. The number of hydrogen-bond acceptors (Lipinski definition) is 3. The van der Waals surface area contributed by atoms with Gasteiger partial charge in [0.1, 0.15) is 5.82 Å². The van der Waals surface area contributed by atoms with E-state index in [-0.39, 0.29) is 0 Å². The van der Waals surface area contributed by atoms with Crippen molar-refractivity contribution in [3.05, 3.63) is 18.3 Å². The van der Waals surface area contributed by atoms with Gasteiger partial charge in [0.05, 0.1) is 5.69 Å². The average molecular weight is 207 g/mol. The van der Waals surface area contributed by atoms with Crippen LogP contribution >= 0.6 is 0 Å². The summed E-state index contributed by atoms with van der Waals surface area (Å²) in [6, 6.07) is 3.97. The van der Waals surface area contributed by atoms with Gasteiger partial charge in [0, 0.05) is 19.3 Å². The Hall–Kier alpha value is -1.25. The minimum absolute atomic E-state index is 0.627. The molecule has 1 heterocycles. The molecule has 2 N–H and O–H groups in total. The maximum Gasteiger partial charge on any atom is 0.146 e. The smallest absolute Gasteiger partial charge is 0.146 e. The van der Waals surface area contributed by atoms with Crippen molar-refractivity contribution in [2.24, 2.45) is 5.92 Å². The molecule has 1 unspecified atom stereocenters. The number of pyridine rings is 1. The van der Waals surface area contributed by atoms with Gasteiger partial charge >= 0.3 is 0 Å². The van der Waals surface area contributed by atoms with Gasteiger partial charge in [-0.1, -0.05) is 20.3 Å². The molecular weight excluding hydrogens is 186 g/mol. The predicted molar refractivity (Wildman–Crippen MR) is 66.0 cm³/mol. The molecule has 0 aliphatic heterocycles. The quantitative estimate of drug-likeness (QED) is 0.806. The SMILES string of the molecule is CCC(C)CN(CC)c1cccnc1N. The number of nitrogen functional groups attached to an aromatic ring is 1. The van der Waals surface area contributed by atoms with Crippen LogP contribution in [0.4, 0.5) is 11.5 Å². The van der Waals surface area contributed by atoms with Crippen LogP contribution in [-0.2, 0) is 0 Å². The Morgan fingerprint density at radius 2 is 2.20 bits per heavy atom. The van der Waals surface area contributed by atoms with Crippen molar-refractivity contribution in [3.63, 3.8) is 0 Å². The normalized spacial score (nSPS) is 12.5. The van der Waals surface area contributed by atoms with E-state index in [0.717, 1.165) is 18.8 Å². The largest absolute Gasteiger partial charge is 0.382 e. The highest BCUT2D eigenvalue weighted by Crippen LogP contribution is 2.21. The second kappa shape index (κ2) is 5.59. The van der Waals surface area contributed by atoms with Gasteiger partial charge in [-0.25, -0.2) is 4.98 Å². The van der Waals surface area contributed by atoms with E-state index < -0.39 is 0 Å². The maximum atomic E-state index is 5.86. The number of nitrogens with two attached hydrogens (primary N) is 1. The van der Waals surface area contributed by atoms with Gasteiger partial charge in [-0.2, -0.15) is 0 Å². The van der Waals surface area contributed by atoms with Crippen LogP contribution in [0.15, 0.2) is 18.3 Å². The first-order chi connectivity index (χ1) is 7.19. The predicted octanol–water partition coefficient (Wildman–Crippen LogP) is 2.54. The molecule has 0 saturated heterocycles. The van der Waals surface area contributed by atoms with Gasteiger partial charge in [0.25, 0.3) is 0 Å². The van der Waals surface area contributed by atoms with E-state index in [4.69, 9.17) is 5.73 Å². The van der Waals surface area contributed by atoms with Crippen molar-refractivity contribution in [1.82, 2.24) is 4.98 Å². The average Bonchev–Trinajstić information content (AvgIpc) is 2.26. The van der Waals surface area contributed by atoms with Gasteiger partial charge in [-0.05, 0) is 25.0 Å². The summed E-state index contributed by atoms with van der Waals surface area (Å²) in [5, 5.41) is 0. The van der Waals surface area contributed by atoms with Crippen molar-refractivity contribution in [3.8, 4) is 0 Å². The van der Waals surface area contributed by atoms with Gasteiger partial charge < -0.3 is 10.6 Å². The second-order valence-corrected chi connectivity index (χ2v) is 3.96. The standard InChI is InChI=1S/C12H21N3/c1-4-10(3)9-15(5-2)11-7-6-8-14-12(11)13/h6-8,10H,4-5,9H2,1-3H3,(H2,13,14). The van der Waals surface area contributed by atoms with Crippen molar-refractivity contribution < 1.29 is 0 Å². The van der Waals surface area contributed by atoms with Crippen molar-refractivity contribution in [1.29, 1.82) is 0 Å². The molecule has 1 rings (SSSR count). The molecule has 0 fully saturated rings. The van der Waals surface area contributed by atoms with Crippen molar-refractivity contribution in [2.75, 3.05) is 23.7 Å². The first kappa shape index (κ1) is 11.8. The van der Waals surface area contributed by atoms with E-state index in [0.29, 0.717) is 11.7 Å². The molecule has 3 heteroatoms. The van der Waals surface area contributed by atoms with Crippen LogP contribution in [0.2, 0.25) is 0 Å². The molecule has 15 heavy (non-hydrogen) atoms. The first-order valence-corrected chi connectivity index (χ1v) is 5.64. The monoisotopic (exact) mass is 207 g/mol. The van der Waals surface area contributed by atoms with Crippen LogP contribution in [-0.4, -0.2) is 18.1 Å². The van der Waals surface area contributed by atoms with E-state index in [9.17, 15) is 0 Å². The summed E-state index contributed by atoms with van der Waals surface area (Å²) < 4.78 is 0. The minimum atomic E-state index is 0.627. The highest BCUT2D eigenvalue weighted by Gasteiger charge is 2.10. The molecule has 0 amide bonds. The highest BCUT2D eigenvalue weighted by molar-refractivity contribution is 5.62. The van der Waals surface area contributed by atoms with Gasteiger partial charge in [0.15, 0.2) is 0 Å². The molecule has 0 bridgehead atoms. The fourth-order valence-corrected chi connectivity index (χ4v) is 1.58. The lowest BCUT2D eigenvalue weighted by Gasteiger charge is -2.26. The molecular formula is C12H21N3. The summed E-state index contributed by atoms with van der Waals surface area (Å²) in [7, 11) is 0. The lowest BCUT2D eigenvalue weighted by Crippen LogP contribution is -2.28. The summed E-state index contributed by atoms with van der Waals surface area (Å²) in [6.07, 6.45) is 2.92. The van der Waals surface area contributed by atoms with Crippen LogP contribution in [0.5, 0.6) is 0 Å². The number of nitrogens with zero attached hydrogens (tertiary/aromatic N) is 2. The first-order valence-electron chi connectivity index (χ1n) is 5.64. The van der Waals surface area contributed by atoms with Crippen LogP contribution in [0.1, 0.15) is 27.2 Å². The highest BCUT2D eigenvalue weighted by atomic mass is 15.1. The molecule has 1 atom stereocenters. The van der Waals surface area contributed by atoms with E-state index >= 15 is 0 Å². The van der Waals surface area contributed by atoms with Crippen LogP contribution in [0.3, 0.4) is 0 Å². The molecule has 84 valence electrons. The summed E-state index contributed by atoms with van der Waals surface area (Å²) in [5.41, 5.74) is 6.92. The zero-order valence-corrected chi connectivity index (χ0v) is 9.90. The Balaban J connectivity index is 2.78. The second-order valence-electron chi connectivity index (χ2n) is 3.96. The van der Waals surface area contributed by atoms with Gasteiger partial charge in [0.2, 0.25) is 0 Å². The van der Waals surface area contributed by atoms with E-state index in [1.165, 1.54) is 6.42 Å². The molecule has 0 aromatic carbocycles. The number of rotatable bonds is 5. The van der Waals surface area contributed by atoms with E-state index in [2.05, 4.69) is 30.7 Å². The Bertz CT molecular complexity index is 299. The summed E-state index contributed by atoms with van der Waals surface area (Å²) in [4.78, 5) is 6.41. The number of anilines is 2. The summed E-state index contributed by atoms with van der Waals surface area (Å²) in [5.74, 6) is 1.31. The number of hydrogen-bond donors (Lipinski definition) is 1. The van der Waals surface area contributed by atoms with E-state index in [1.54, 1.807) is 6.20 Å². The zero-order valence-electron chi connectivity index (χ0n) is 9.90. The topological polar surface area (TPSA) is 42.2 Å². The Kier molecular flexibility index (Phi) is 4.40. The van der Waals surface area contributed by atoms with Crippen LogP contribution < -0.4 is 10.6 Å². The fourth-order valence-electron chi connectivity index (χ4n) is 1.58. The lowest BCUT2D eigenvalue weighted by molar-refractivity contribution is 0.548. The molecule has 1 aromatic heterocycles. The Morgan fingerprint density at radius 1 is 1.47 bits per heavy atom. The van der Waals surface area contributed by atoms with Crippen molar-refractivity contribution in [2.45, 2.75) is 27.2 Å². The Morgan fingerprint density at radius 3 is 2.73 bits per heavy atom. The zero-order chi connectivity index (χ0) is 11.3.